The summed E-state index contributed by atoms with van der Waals surface area (Å²) < 4.78 is 9.67. The molecule has 0 spiro atoms. The standard InChI is InChI=1S/C20H20O5/c1-3-25-20(23)17(19(22)24-2)16-11-10-14-13-7-5-4-6-12(13)8-9-15(14)18(16)21/h4-9,16,22H,3,10-11H2,1-2H3/p-1/b19-17+. The highest BCUT2D eigenvalue weighted by molar-refractivity contribution is 6.09. The Morgan fingerprint density at radius 1 is 1.24 bits per heavy atom. The van der Waals surface area contributed by atoms with Gasteiger partial charge in [-0.2, -0.15) is 0 Å². The zero-order valence-electron chi connectivity index (χ0n) is 14.2. The highest BCUT2D eigenvalue weighted by Crippen LogP contribution is 2.35. The molecule has 1 aliphatic carbocycles. The lowest BCUT2D eigenvalue weighted by molar-refractivity contribution is -0.355. The van der Waals surface area contributed by atoms with Crippen molar-refractivity contribution in [2.45, 2.75) is 19.8 Å². The lowest BCUT2D eigenvalue weighted by Gasteiger charge is -2.28. The average molecular weight is 339 g/mol. The van der Waals surface area contributed by atoms with Gasteiger partial charge in [0.15, 0.2) is 5.78 Å². The first-order chi connectivity index (χ1) is 12.1. The van der Waals surface area contributed by atoms with Gasteiger partial charge in [0.05, 0.1) is 24.0 Å². The molecule has 0 saturated carbocycles. The topological polar surface area (TPSA) is 75.7 Å². The first kappa shape index (κ1) is 17.0. The Bertz CT molecular complexity index is 866. The van der Waals surface area contributed by atoms with Crippen LogP contribution < -0.4 is 5.11 Å². The molecule has 0 aromatic heterocycles. The van der Waals surface area contributed by atoms with Gasteiger partial charge in [-0.15, -0.1) is 0 Å². The number of ether oxygens (including phenoxy) is 2. The maximum Gasteiger partial charge on any atom is 0.336 e. The van der Waals surface area contributed by atoms with Crippen LogP contribution in [0.4, 0.5) is 0 Å². The third-order valence-corrected chi connectivity index (χ3v) is 4.55. The van der Waals surface area contributed by atoms with Crippen molar-refractivity contribution in [2.75, 3.05) is 13.7 Å². The molecule has 0 radical (unpaired) electrons. The lowest BCUT2D eigenvalue weighted by Crippen LogP contribution is -2.32. The van der Waals surface area contributed by atoms with Crippen LogP contribution in [-0.2, 0) is 20.7 Å². The predicted octanol–water partition coefficient (Wildman–Crippen LogP) is 2.37. The Morgan fingerprint density at radius 2 is 2.00 bits per heavy atom. The highest BCUT2D eigenvalue weighted by atomic mass is 16.6. The van der Waals surface area contributed by atoms with Crippen LogP contribution in [0.1, 0.15) is 29.3 Å². The van der Waals surface area contributed by atoms with E-state index < -0.39 is 17.8 Å². The van der Waals surface area contributed by atoms with Crippen LogP contribution in [0.2, 0.25) is 0 Å². The minimum atomic E-state index is -0.833. The Hall–Kier alpha value is -2.82. The number of Topliss-reactive ketones (excluding diaryl/α,β-unsaturated/α-hetero) is 1. The number of ketones is 1. The van der Waals surface area contributed by atoms with Gasteiger partial charge >= 0.3 is 5.97 Å². The van der Waals surface area contributed by atoms with Gasteiger partial charge < -0.3 is 14.6 Å². The molecule has 25 heavy (non-hydrogen) atoms. The van der Waals surface area contributed by atoms with Crippen molar-refractivity contribution in [3.8, 4) is 0 Å². The summed E-state index contributed by atoms with van der Waals surface area (Å²) in [5, 5.41) is 14.2. The molecular formula is C20H19O5-. The van der Waals surface area contributed by atoms with E-state index in [1.807, 2.05) is 30.3 Å². The van der Waals surface area contributed by atoms with E-state index in [-0.39, 0.29) is 18.0 Å². The first-order valence-electron chi connectivity index (χ1n) is 8.25. The molecule has 5 nitrogen and oxygen atoms in total. The molecule has 130 valence electrons. The van der Waals surface area contributed by atoms with E-state index in [2.05, 4.69) is 0 Å². The van der Waals surface area contributed by atoms with E-state index in [0.29, 0.717) is 18.4 Å². The summed E-state index contributed by atoms with van der Waals surface area (Å²) >= 11 is 0. The number of aryl methyl sites for hydroxylation is 1. The van der Waals surface area contributed by atoms with Gasteiger partial charge in [0.1, 0.15) is 0 Å². The van der Waals surface area contributed by atoms with Crippen molar-refractivity contribution in [1.29, 1.82) is 0 Å². The molecule has 0 N–H and O–H groups in total. The molecule has 0 amide bonds. The molecule has 1 atom stereocenters. The van der Waals surface area contributed by atoms with Crippen molar-refractivity contribution in [1.82, 2.24) is 0 Å². The molecule has 0 heterocycles. The fraction of sp³-hybridized carbons (Fsp3) is 0.300. The third kappa shape index (κ3) is 2.97. The molecule has 2 aromatic carbocycles. The van der Waals surface area contributed by atoms with E-state index in [9.17, 15) is 14.7 Å². The molecule has 1 unspecified atom stereocenters. The largest absolute Gasteiger partial charge is 0.616 e. The van der Waals surface area contributed by atoms with Crippen LogP contribution in [0.5, 0.6) is 0 Å². The number of methoxy groups -OCH3 is 1. The summed E-state index contributed by atoms with van der Waals surface area (Å²) in [6, 6.07) is 11.5. The number of esters is 1. The molecule has 3 rings (SSSR count). The second-order valence-corrected chi connectivity index (χ2v) is 5.89. The van der Waals surface area contributed by atoms with Crippen molar-refractivity contribution in [3.63, 3.8) is 0 Å². The maximum absolute atomic E-state index is 13.0. The number of benzene rings is 2. The molecule has 0 aliphatic heterocycles. The average Bonchev–Trinajstić information content (AvgIpc) is 2.63. The summed E-state index contributed by atoms with van der Waals surface area (Å²) in [5.74, 6) is -2.65. The smallest absolute Gasteiger partial charge is 0.336 e. The Kier molecular flexibility index (Phi) is 4.74. The second-order valence-electron chi connectivity index (χ2n) is 5.89. The van der Waals surface area contributed by atoms with E-state index in [1.54, 1.807) is 13.0 Å². The molecule has 2 aromatic rings. The number of hydrogen-bond donors (Lipinski definition) is 0. The summed E-state index contributed by atoms with van der Waals surface area (Å²) in [5.41, 5.74) is 1.31. The molecule has 1 aliphatic rings. The number of carbonyl (C=O) groups excluding carboxylic acids is 2. The van der Waals surface area contributed by atoms with E-state index in [0.717, 1.165) is 16.3 Å². The quantitative estimate of drug-likeness (QED) is 0.486. The number of rotatable bonds is 4. The number of fused-ring (bicyclic) bond motifs is 3. The van der Waals surface area contributed by atoms with E-state index >= 15 is 0 Å². The number of carbonyl (C=O) groups is 2. The van der Waals surface area contributed by atoms with Crippen LogP contribution in [0.3, 0.4) is 0 Å². The van der Waals surface area contributed by atoms with Gasteiger partial charge in [0.2, 0.25) is 0 Å². The third-order valence-electron chi connectivity index (χ3n) is 4.55. The molecule has 0 saturated heterocycles. The number of hydrogen-bond acceptors (Lipinski definition) is 5. The van der Waals surface area contributed by atoms with Crippen molar-refractivity contribution < 1.29 is 24.2 Å². The van der Waals surface area contributed by atoms with Crippen LogP contribution in [0, 0.1) is 5.92 Å². The molecular weight excluding hydrogens is 320 g/mol. The summed E-state index contributed by atoms with van der Waals surface area (Å²) in [7, 11) is 1.19. The minimum absolute atomic E-state index is 0.126. The zero-order valence-corrected chi connectivity index (χ0v) is 14.2. The first-order valence-corrected chi connectivity index (χ1v) is 8.25. The molecule has 0 bridgehead atoms. The second kappa shape index (κ2) is 6.97. The van der Waals surface area contributed by atoms with Crippen LogP contribution in [0.15, 0.2) is 47.9 Å². The van der Waals surface area contributed by atoms with Crippen LogP contribution in [-0.4, -0.2) is 25.5 Å². The lowest BCUT2D eigenvalue weighted by atomic mass is 9.77. The van der Waals surface area contributed by atoms with E-state index in [1.165, 1.54) is 7.11 Å². The van der Waals surface area contributed by atoms with Gasteiger partial charge in [-0.05, 0) is 43.2 Å². The van der Waals surface area contributed by atoms with Gasteiger partial charge in [-0.1, -0.05) is 36.4 Å². The fourth-order valence-corrected chi connectivity index (χ4v) is 3.41. The summed E-state index contributed by atoms with van der Waals surface area (Å²) in [6.07, 6.45) is 0.982. The van der Waals surface area contributed by atoms with Gasteiger partial charge in [0, 0.05) is 5.56 Å². The van der Waals surface area contributed by atoms with Crippen LogP contribution >= 0.6 is 0 Å². The van der Waals surface area contributed by atoms with Crippen LogP contribution in [0.25, 0.3) is 10.8 Å². The highest BCUT2D eigenvalue weighted by Gasteiger charge is 2.35. The minimum Gasteiger partial charge on any atom is -0.616 e. The zero-order chi connectivity index (χ0) is 18.0. The summed E-state index contributed by atoms with van der Waals surface area (Å²) in [6.45, 7) is 1.78. The van der Waals surface area contributed by atoms with E-state index in [4.69, 9.17) is 9.47 Å². The Balaban J connectivity index is 2.06. The van der Waals surface area contributed by atoms with Gasteiger partial charge in [-0.3, -0.25) is 4.79 Å². The Labute approximate surface area is 145 Å². The molecule has 5 heteroatoms. The van der Waals surface area contributed by atoms with Crippen molar-refractivity contribution in [2.24, 2.45) is 5.92 Å². The van der Waals surface area contributed by atoms with Gasteiger partial charge in [0.25, 0.3) is 0 Å². The maximum atomic E-state index is 13.0. The van der Waals surface area contributed by atoms with Gasteiger partial charge in [-0.25, -0.2) is 4.79 Å². The van der Waals surface area contributed by atoms with Crippen molar-refractivity contribution in [3.05, 3.63) is 59.0 Å². The Morgan fingerprint density at radius 3 is 2.72 bits per heavy atom. The van der Waals surface area contributed by atoms with Crippen molar-refractivity contribution >= 4 is 22.5 Å². The monoisotopic (exact) mass is 339 g/mol. The predicted molar refractivity (Wildman–Crippen MR) is 90.8 cm³/mol. The summed E-state index contributed by atoms with van der Waals surface area (Å²) in [4.78, 5) is 25.2. The fourth-order valence-electron chi connectivity index (χ4n) is 3.41. The normalized spacial score (nSPS) is 17.7. The molecule has 0 fully saturated rings. The SMILES string of the molecule is CCOC(=O)/C(=C(\[O-])OC)C1CCc2c(ccc3ccccc23)C1=O.